The fourth-order valence-electron chi connectivity index (χ4n) is 1.90. The summed E-state index contributed by atoms with van der Waals surface area (Å²) in [5, 5.41) is 0. The van der Waals surface area contributed by atoms with Gasteiger partial charge in [-0.25, -0.2) is 0 Å². The minimum atomic E-state index is -0.00811. The van der Waals surface area contributed by atoms with Crippen LogP contribution in [0.25, 0.3) is 0 Å². The Morgan fingerprint density at radius 3 is 2.94 bits per heavy atom. The number of amides is 1. The number of rotatable bonds is 5. The standard InChI is InChI=1S/C12H24N2O2/c1-3-4-5-6-12(15)14-7-8-16-11(9-14)10(2)13/h10-11H,3-9,13H2,1-2H3. The van der Waals surface area contributed by atoms with Crippen LogP contribution in [0.5, 0.6) is 0 Å². The summed E-state index contributed by atoms with van der Waals surface area (Å²) in [6.45, 7) is 6.06. The Morgan fingerprint density at radius 1 is 1.56 bits per heavy atom. The molecular weight excluding hydrogens is 204 g/mol. The van der Waals surface area contributed by atoms with Crippen molar-refractivity contribution < 1.29 is 9.53 Å². The number of nitrogens with zero attached hydrogens (tertiary/aromatic N) is 1. The van der Waals surface area contributed by atoms with Crippen LogP contribution in [0.2, 0.25) is 0 Å². The Hall–Kier alpha value is -0.610. The summed E-state index contributed by atoms with van der Waals surface area (Å²) in [6.07, 6.45) is 3.95. The van der Waals surface area contributed by atoms with Crippen molar-refractivity contribution in [3.63, 3.8) is 0 Å². The van der Waals surface area contributed by atoms with Crippen molar-refractivity contribution in [1.29, 1.82) is 0 Å². The monoisotopic (exact) mass is 228 g/mol. The fourth-order valence-corrected chi connectivity index (χ4v) is 1.90. The van der Waals surface area contributed by atoms with Gasteiger partial charge in [0.1, 0.15) is 0 Å². The van der Waals surface area contributed by atoms with Crippen molar-refractivity contribution in [2.75, 3.05) is 19.7 Å². The van der Waals surface area contributed by atoms with Gasteiger partial charge in [0.05, 0.1) is 12.7 Å². The highest BCUT2D eigenvalue weighted by Gasteiger charge is 2.25. The van der Waals surface area contributed by atoms with E-state index in [1.165, 1.54) is 0 Å². The smallest absolute Gasteiger partial charge is 0.222 e. The molecule has 0 aromatic rings. The van der Waals surface area contributed by atoms with E-state index in [0.717, 1.165) is 19.3 Å². The van der Waals surface area contributed by atoms with Crippen LogP contribution in [-0.2, 0) is 9.53 Å². The largest absolute Gasteiger partial charge is 0.373 e. The molecule has 1 fully saturated rings. The average molecular weight is 228 g/mol. The highest BCUT2D eigenvalue weighted by atomic mass is 16.5. The number of nitrogens with two attached hydrogens (primary N) is 1. The normalized spacial score (nSPS) is 23.2. The molecule has 1 heterocycles. The first kappa shape index (κ1) is 13.5. The Labute approximate surface area is 98.1 Å². The van der Waals surface area contributed by atoms with E-state index in [-0.39, 0.29) is 18.1 Å². The van der Waals surface area contributed by atoms with Gasteiger partial charge in [-0.1, -0.05) is 19.8 Å². The summed E-state index contributed by atoms with van der Waals surface area (Å²) in [7, 11) is 0. The molecule has 1 amide bonds. The van der Waals surface area contributed by atoms with Crippen LogP contribution >= 0.6 is 0 Å². The molecule has 0 aromatic heterocycles. The molecule has 1 rings (SSSR count). The molecule has 4 nitrogen and oxygen atoms in total. The minimum Gasteiger partial charge on any atom is -0.373 e. The Bertz CT molecular complexity index is 219. The molecule has 2 atom stereocenters. The maximum atomic E-state index is 11.9. The summed E-state index contributed by atoms with van der Waals surface area (Å²) in [5.41, 5.74) is 5.79. The summed E-state index contributed by atoms with van der Waals surface area (Å²) < 4.78 is 5.53. The topological polar surface area (TPSA) is 55.6 Å². The van der Waals surface area contributed by atoms with Gasteiger partial charge in [-0.3, -0.25) is 4.79 Å². The second-order valence-electron chi connectivity index (χ2n) is 4.57. The summed E-state index contributed by atoms with van der Waals surface area (Å²) in [6, 6.07) is -0.00811. The molecule has 2 unspecified atom stereocenters. The number of morpholine rings is 1. The van der Waals surface area contributed by atoms with E-state index in [0.29, 0.717) is 26.1 Å². The lowest BCUT2D eigenvalue weighted by molar-refractivity contribution is -0.139. The quantitative estimate of drug-likeness (QED) is 0.718. The van der Waals surface area contributed by atoms with E-state index < -0.39 is 0 Å². The molecular formula is C12H24N2O2. The third kappa shape index (κ3) is 4.10. The van der Waals surface area contributed by atoms with E-state index in [9.17, 15) is 4.79 Å². The predicted octanol–water partition coefficient (Wildman–Crippen LogP) is 1.14. The molecule has 16 heavy (non-hydrogen) atoms. The van der Waals surface area contributed by atoms with Gasteiger partial charge in [0.25, 0.3) is 0 Å². The number of ether oxygens (including phenoxy) is 1. The van der Waals surface area contributed by atoms with Crippen LogP contribution in [0.15, 0.2) is 0 Å². The molecule has 4 heteroatoms. The number of hydrogen-bond donors (Lipinski definition) is 1. The maximum Gasteiger partial charge on any atom is 0.222 e. The van der Waals surface area contributed by atoms with E-state index in [1.54, 1.807) is 0 Å². The number of hydrogen-bond acceptors (Lipinski definition) is 3. The molecule has 0 aromatic carbocycles. The summed E-state index contributed by atoms with van der Waals surface area (Å²) in [5.74, 6) is 0.252. The van der Waals surface area contributed by atoms with Crippen molar-refractivity contribution in [3.8, 4) is 0 Å². The lowest BCUT2D eigenvalue weighted by atomic mass is 10.1. The molecule has 0 aliphatic carbocycles. The third-order valence-electron chi connectivity index (χ3n) is 3.03. The van der Waals surface area contributed by atoms with Crippen LogP contribution in [0.1, 0.15) is 39.5 Å². The highest BCUT2D eigenvalue weighted by Crippen LogP contribution is 2.10. The molecule has 1 aliphatic heterocycles. The van der Waals surface area contributed by atoms with Gasteiger partial charge >= 0.3 is 0 Å². The second-order valence-corrected chi connectivity index (χ2v) is 4.57. The predicted molar refractivity (Wildman–Crippen MR) is 64.1 cm³/mol. The van der Waals surface area contributed by atoms with Gasteiger partial charge in [-0.15, -0.1) is 0 Å². The SMILES string of the molecule is CCCCCC(=O)N1CCOC(C(C)N)C1. The van der Waals surface area contributed by atoms with Crippen molar-refractivity contribution in [1.82, 2.24) is 4.90 Å². The lowest BCUT2D eigenvalue weighted by Gasteiger charge is -2.34. The molecule has 94 valence electrons. The van der Waals surface area contributed by atoms with Gasteiger partial charge < -0.3 is 15.4 Å². The average Bonchev–Trinajstić information content (AvgIpc) is 2.29. The third-order valence-corrected chi connectivity index (χ3v) is 3.03. The molecule has 1 saturated heterocycles. The van der Waals surface area contributed by atoms with Crippen LogP contribution in [0.3, 0.4) is 0 Å². The van der Waals surface area contributed by atoms with Gasteiger partial charge in [0.2, 0.25) is 5.91 Å². The van der Waals surface area contributed by atoms with Crippen molar-refractivity contribution in [2.45, 2.75) is 51.7 Å². The van der Waals surface area contributed by atoms with Crippen LogP contribution in [-0.4, -0.2) is 42.6 Å². The molecule has 0 radical (unpaired) electrons. The fraction of sp³-hybridized carbons (Fsp3) is 0.917. The van der Waals surface area contributed by atoms with E-state index >= 15 is 0 Å². The van der Waals surface area contributed by atoms with Crippen LogP contribution in [0, 0.1) is 0 Å². The van der Waals surface area contributed by atoms with Gasteiger partial charge in [-0.2, -0.15) is 0 Å². The van der Waals surface area contributed by atoms with Crippen molar-refractivity contribution in [2.24, 2.45) is 5.73 Å². The van der Waals surface area contributed by atoms with E-state index in [1.807, 2.05) is 11.8 Å². The molecule has 0 spiro atoms. The van der Waals surface area contributed by atoms with Gasteiger partial charge in [0.15, 0.2) is 0 Å². The number of carbonyl (C=O) groups is 1. The van der Waals surface area contributed by atoms with Gasteiger partial charge in [-0.05, 0) is 13.3 Å². The van der Waals surface area contributed by atoms with E-state index in [2.05, 4.69) is 6.92 Å². The second kappa shape index (κ2) is 6.86. The summed E-state index contributed by atoms with van der Waals surface area (Å²) in [4.78, 5) is 13.8. The number of unbranched alkanes of at least 4 members (excludes halogenated alkanes) is 2. The van der Waals surface area contributed by atoms with Crippen molar-refractivity contribution >= 4 is 5.91 Å². The zero-order chi connectivity index (χ0) is 12.0. The molecule has 1 aliphatic rings. The first-order valence-electron chi connectivity index (χ1n) is 6.30. The first-order chi connectivity index (χ1) is 7.65. The molecule has 0 bridgehead atoms. The zero-order valence-corrected chi connectivity index (χ0v) is 10.4. The Morgan fingerprint density at radius 2 is 2.31 bits per heavy atom. The highest BCUT2D eigenvalue weighted by molar-refractivity contribution is 5.76. The van der Waals surface area contributed by atoms with Crippen LogP contribution in [0.4, 0.5) is 0 Å². The Balaban J connectivity index is 2.32. The summed E-state index contributed by atoms with van der Waals surface area (Å²) >= 11 is 0. The first-order valence-corrected chi connectivity index (χ1v) is 6.30. The van der Waals surface area contributed by atoms with E-state index in [4.69, 9.17) is 10.5 Å². The molecule has 2 N–H and O–H groups in total. The van der Waals surface area contributed by atoms with Crippen LogP contribution < -0.4 is 5.73 Å². The Kier molecular flexibility index (Phi) is 5.77. The van der Waals surface area contributed by atoms with Gasteiger partial charge in [0, 0.05) is 25.6 Å². The minimum absolute atomic E-state index is 0.00359. The molecule has 0 saturated carbocycles. The van der Waals surface area contributed by atoms with Crippen molar-refractivity contribution in [3.05, 3.63) is 0 Å². The number of carbonyl (C=O) groups excluding carboxylic acids is 1. The maximum absolute atomic E-state index is 11.9. The lowest BCUT2D eigenvalue weighted by Crippen LogP contribution is -2.51. The zero-order valence-electron chi connectivity index (χ0n) is 10.4.